The molecule has 4 N–H and O–H groups in total. The first-order valence-electron chi connectivity index (χ1n) is 6.50. The molecule has 5 heteroatoms. The van der Waals surface area contributed by atoms with Crippen LogP contribution >= 0.6 is 0 Å². The lowest BCUT2D eigenvalue weighted by atomic mass is 10.1. The molecule has 2 rings (SSSR count). The molecule has 1 aromatic carbocycles. The molecule has 0 aliphatic carbocycles. The van der Waals surface area contributed by atoms with Crippen LogP contribution in [0, 0.1) is 5.82 Å². The minimum atomic E-state index is -1.30. The van der Waals surface area contributed by atoms with Crippen LogP contribution in [0.25, 0.3) is 10.9 Å². The van der Waals surface area contributed by atoms with Gasteiger partial charge in [0.2, 0.25) is 0 Å². The molecule has 0 spiro atoms. The van der Waals surface area contributed by atoms with Crippen LogP contribution in [-0.4, -0.2) is 22.1 Å². The van der Waals surface area contributed by atoms with Gasteiger partial charge in [0.05, 0.1) is 5.48 Å². The third kappa shape index (κ3) is 1.90. The molecule has 1 heterocycles. The van der Waals surface area contributed by atoms with Gasteiger partial charge in [-0.3, -0.25) is 4.79 Å². The Bertz CT molecular complexity index is 716. The minimum Gasteiger partial charge on any atom is -0.480 e. The van der Waals surface area contributed by atoms with E-state index in [4.69, 9.17) is 16.3 Å². The number of H-pyrrole nitrogens is 1. The van der Waals surface area contributed by atoms with E-state index >= 15 is 0 Å². The van der Waals surface area contributed by atoms with Crippen molar-refractivity contribution in [1.29, 1.82) is 0 Å². The topological polar surface area (TPSA) is 79.1 Å². The SMILES string of the molecule is [2H]c1[nH]c2c([2H])c([2H])c(F)c([2H])c2c1CC(N)C(=O)O. The van der Waals surface area contributed by atoms with Gasteiger partial charge in [-0.15, -0.1) is 0 Å². The molecule has 0 amide bonds. The third-order valence-electron chi connectivity index (χ3n) is 2.16. The fourth-order valence-corrected chi connectivity index (χ4v) is 1.36. The average Bonchev–Trinajstić information content (AvgIpc) is 2.71. The standard InChI is InChI=1S/C11H11FN2O2/c12-7-1-2-10-8(4-7)6(5-14-10)3-9(13)11(15)16/h1-2,4-5,9,14H,3,13H2,(H,15,16)/i1D,2D,4D,5D. The Labute approximate surface area is 96.5 Å². The van der Waals surface area contributed by atoms with Gasteiger partial charge >= 0.3 is 5.97 Å². The lowest BCUT2D eigenvalue weighted by Crippen LogP contribution is -2.32. The van der Waals surface area contributed by atoms with Crippen molar-refractivity contribution in [1.82, 2.24) is 4.98 Å². The number of aliphatic carboxylic acids is 1. The number of nitrogens with two attached hydrogens (primary N) is 1. The number of halogens is 1. The molecule has 84 valence electrons. The van der Waals surface area contributed by atoms with Crippen LogP contribution in [0.15, 0.2) is 24.3 Å². The molecule has 16 heavy (non-hydrogen) atoms. The molecule has 1 atom stereocenters. The fraction of sp³-hybridized carbons (Fsp3) is 0.182. The van der Waals surface area contributed by atoms with Crippen molar-refractivity contribution in [3.63, 3.8) is 0 Å². The number of aromatic amines is 1. The summed E-state index contributed by atoms with van der Waals surface area (Å²) in [7, 11) is 0. The average molecular weight is 226 g/mol. The first-order chi connectivity index (χ1) is 9.25. The summed E-state index contributed by atoms with van der Waals surface area (Å²) < 4.78 is 44.1. The van der Waals surface area contributed by atoms with Crippen molar-refractivity contribution >= 4 is 16.9 Å². The summed E-state index contributed by atoms with van der Waals surface area (Å²) in [5.41, 5.74) is 5.42. The number of fused-ring (bicyclic) bond motifs is 1. The molecular weight excluding hydrogens is 211 g/mol. The number of rotatable bonds is 3. The first kappa shape index (κ1) is 6.65. The lowest BCUT2D eigenvalue weighted by Gasteiger charge is -2.04. The van der Waals surface area contributed by atoms with Crippen LogP contribution in [0.3, 0.4) is 0 Å². The molecular formula is C11H11FN2O2. The zero-order valence-electron chi connectivity index (χ0n) is 12.1. The van der Waals surface area contributed by atoms with E-state index in [0.29, 0.717) is 0 Å². The number of benzene rings is 1. The normalized spacial score (nSPS) is 16.4. The zero-order valence-corrected chi connectivity index (χ0v) is 8.10. The van der Waals surface area contributed by atoms with E-state index in [1.165, 1.54) is 0 Å². The summed E-state index contributed by atoms with van der Waals surface area (Å²) in [6.45, 7) is 0. The van der Waals surface area contributed by atoms with Crippen LogP contribution in [0.5, 0.6) is 0 Å². The van der Waals surface area contributed by atoms with E-state index < -0.39 is 36.0 Å². The Kier molecular flexibility index (Phi) is 1.64. The van der Waals surface area contributed by atoms with E-state index in [0.717, 1.165) is 0 Å². The summed E-state index contributed by atoms with van der Waals surface area (Å²) in [6.07, 6.45) is -0.500. The fourth-order valence-electron chi connectivity index (χ4n) is 1.36. The summed E-state index contributed by atoms with van der Waals surface area (Å²) in [5.74, 6) is -2.46. The van der Waals surface area contributed by atoms with E-state index in [-0.39, 0.29) is 29.1 Å². The van der Waals surface area contributed by atoms with Gasteiger partial charge < -0.3 is 15.8 Å². The van der Waals surface area contributed by atoms with Crippen molar-refractivity contribution < 1.29 is 19.8 Å². The second kappa shape index (κ2) is 3.94. The molecule has 1 aromatic heterocycles. The monoisotopic (exact) mass is 226 g/mol. The maximum Gasteiger partial charge on any atom is 0.320 e. The van der Waals surface area contributed by atoms with E-state index in [2.05, 4.69) is 4.98 Å². The van der Waals surface area contributed by atoms with Gasteiger partial charge in [0.1, 0.15) is 11.9 Å². The molecule has 0 radical (unpaired) electrons. The number of nitrogens with one attached hydrogen (secondary N) is 1. The molecule has 1 unspecified atom stereocenters. The van der Waals surface area contributed by atoms with Gasteiger partial charge in [-0.25, -0.2) is 4.39 Å². The predicted molar refractivity (Wildman–Crippen MR) is 57.6 cm³/mol. The number of carboxylic acid groups (broad SMARTS) is 1. The minimum absolute atomic E-state index is 0.0287. The predicted octanol–water partition coefficient (Wildman–Crippen LogP) is 1.26. The number of aromatic nitrogens is 1. The highest BCUT2D eigenvalue weighted by Gasteiger charge is 2.14. The van der Waals surface area contributed by atoms with Gasteiger partial charge in [0.25, 0.3) is 0 Å². The number of carboxylic acids is 1. The molecule has 0 aliphatic rings. The summed E-state index contributed by atoms with van der Waals surface area (Å²) >= 11 is 0. The van der Waals surface area contributed by atoms with Crippen LogP contribution in [0.1, 0.15) is 11.0 Å². The largest absolute Gasteiger partial charge is 0.480 e. The van der Waals surface area contributed by atoms with Gasteiger partial charge in [0, 0.05) is 23.5 Å². The highest BCUT2D eigenvalue weighted by Crippen LogP contribution is 2.20. The lowest BCUT2D eigenvalue weighted by molar-refractivity contribution is -0.138. The van der Waals surface area contributed by atoms with E-state index in [1.807, 2.05) is 0 Å². The van der Waals surface area contributed by atoms with Gasteiger partial charge in [-0.1, -0.05) is 0 Å². The van der Waals surface area contributed by atoms with E-state index in [9.17, 15) is 9.18 Å². The molecule has 0 fully saturated rings. The van der Waals surface area contributed by atoms with Crippen LogP contribution in [0.4, 0.5) is 4.39 Å². The second-order valence-electron chi connectivity index (χ2n) is 3.32. The van der Waals surface area contributed by atoms with E-state index in [1.54, 1.807) is 0 Å². The molecule has 2 aromatic rings. The van der Waals surface area contributed by atoms with Gasteiger partial charge in [0.15, 0.2) is 0 Å². The Morgan fingerprint density at radius 3 is 3.12 bits per heavy atom. The zero-order chi connectivity index (χ0) is 15.2. The third-order valence-corrected chi connectivity index (χ3v) is 2.16. The molecule has 0 saturated heterocycles. The Balaban J connectivity index is 2.73. The summed E-state index contributed by atoms with van der Waals surface area (Å²) in [6, 6.07) is -3.15. The molecule has 0 bridgehead atoms. The Hall–Kier alpha value is -1.88. The van der Waals surface area contributed by atoms with Gasteiger partial charge in [-0.2, -0.15) is 0 Å². The number of hydrogen-bond donors (Lipinski definition) is 3. The Morgan fingerprint density at radius 2 is 2.44 bits per heavy atom. The highest BCUT2D eigenvalue weighted by atomic mass is 19.1. The van der Waals surface area contributed by atoms with Crippen LogP contribution in [-0.2, 0) is 11.2 Å². The van der Waals surface area contributed by atoms with Crippen LogP contribution < -0.4 is 5.73 Å². The Morgan fingerprint density at radius 1 is 1.69 bits per heavy atom. The van der Waals surface area contributed by atoms with Crippen molar-refractivity contribution in [2.75, 3.05) is 0 Å². The smallest absolute Gasteiger partial charge is 0.320 e. The molecule has 4 nitrogen and oxygen atoms in total. The van der Waals surface area contributed by atoms with Crippen molar-refractivity contribution in [3.05, 3.63) is 35.7 Å². The maximum atomic E-state index is 13.7. The molecule has 0 saturated carbocycles. The van der Waals surface area contributed by atoms with Crippen molar-refractivity contribution in [2.24, 2.45) is 5.73 Å². The van der Waals surface area contributed by atoms with Crippen molar-refractivity contribution in [2.45, 2.75) is 12.5 Å². The number of hydrogen-bond acceptors (Lipinski definition) is 2. The summed E-state index contributed by atoms with van der Waals surface area (Å²) in [4.78, 5) is 13.2. The number of carbonyl (C=O) groups is 1. The second-order valence-corrected chi connectivity index (χ2v) is 3.32. The van der Waals surface area contributed by atoms with Crippen LogP contribution in [0.2, 0.25) is 0 Å². The highest BCUT2D eigenvalue weighted by molar-refractivity contribution is 5.84. The molecule has 0 aliphatic heterocycles. The van der Waals surface area contributed by atoms with Crippen molar-refractivity contribution in [3.8, 4) is 0 Å². The quantitative estimate of drug-likeness (QED) is 0.737. The maximum absolute atomic E-state index is 13.7. The van der Waals surface area contributed by atoms with Gasteiger partial charge in [-0.05, 0) is 23.7 Å². The first-order valence-corrected chi connectivity index (χ1v) is 4.50. The summed E-state index contributed by atoms with van der Waals surface area (Å²) in [5, 5.41) is 8.72.